The smallest absolute Gasteiger partial charge is 0.269 e. The Balaban J connectivity index is 1.32. The number of nitro groups is 1. The van der Waals surface area contributed by atoms with Gasteiger partial charge in [0, 0.05) is 59.8 Å². The van der Waals surface area contributed by atoms with Gasteiger partial charge in [-0.3, -0.25) is 14.9 Å². The first kappa shape index (κ1) is 19.8. The highest BCUT2D eigenvalue weighted by Gasteiger charge is 2.20. The van der Waals surface area contributed by atoms with Crippen LogP contribution in [0.2, 0.25) is 0 Å². The summed E-state index contributed by atoms with van der Waals surface area (Å²) in [5.41, 5.74) is 2.20. The molecule has 7 heteroatoms. The van der Waals surface area contributed by atoms with Gasteiger partial charge in [0.15, 0.2) is 0 Å². The number of carbonyl (C=O) groups is 1. The lowest BCUT2D eigenvalue weighted by atomic mass is 10.2. The van der Waals surface area contributed by atoms with Crippen molar-refractivity contribution in [3.05, 3.63) is 87.8 Å². The molecule has 0 spiro atoms. The van der Waals surface area contributed by atoms with Gasteiger partial charge in [-0.15, -0.1) is 11.3 Å². The van der Waals surface area contributed by atoms with Gasteiger partial charge in [-0.2, -0.15) is 0 Å². The van der Waals surface area contributed by atoms with Gasteiger partial charge in [0.25, 0.3) is 5.69 Å². The summed E-state index contributed by atoms with van der Waals surface area (Å²) >= 11 is 1.66. The van der Waals surface area contributed by atoms with Crippen LogP contribution in [-0.4, -0.2) is 41.9 Å². The second-order valence-electron chi connectivity index (χ2n) is 6.99. The Labute approximate surface area is 178 Å². The largest absolute Gasteiger partial charge is 0.368 e. The first-order valence-electron chi connectivity index (χ1n) is 9.72. The van der Waals surface area contributed by atoms with Crippen molar-refractivity contribution < 1.29 is 9.72 Å². The zero-order chi connectivity index (χ0) is 20.9. The van der Waals surface area contributed by atoms with Crippen LogP contribution in [0.5, 0.6) is 0 Å². The molecule has 3 aromatic rings. The Hall–Kier alpha value is -3.45. The van der Waals surface area contributed by atoms with Crippen LogP contribution >= 0.6 is 11.3 Å². The zero-order valence-corrected chi connectivity index (χ0v) is 17.1. The highest BCUT2D eigenvalue weighted by Crippen LogP contribution is 2.28. The Morgan fingerprint density at radius 2 is 1.63 bits per heavy atom. The van der Waals surface area contributed by atoms with Crippen molar-refractivity contribution in [3.8, 4) is 10.4 Å². The highest BCUT2D eigenvalue weighted by atomic mass is 32.1. The Kier molecular flexibility index (Phi) is 5.90. The van der Waals surface area contributed by atoms with E-state index in [2.05, 4.69) is 23.1 Å². The molecule has 30 heavy (non-hydrogen) atoms. The van der Waals surface area contributed by atoms with Gasteiger partial charge in [-0.05, 0) is 35.9 Å². The molecule has 0 atom stereocenters. The predicted octanol–water partition coefficient (Wildman–Crippen LogP) is 4.69. The first-order chi connectivity index (χ1) is 14.6. The lowest BCUT2D eigenvalue weighted by molar-refractivity contribution is -0.384. The Bertz CT molecular complexity index is 1050. The number of rotatable bonds is 5. The zero-order valence-electron chi connectivity index (χ0n) is 16.3. The summed E-state index contributed by atoms with van der Waals surface area (Å²) in [7, 11) is 0. The Morgan fingerprint density at radius 3 is 2.30 bits per heavy atom. The summed E-state index contributed by atoms with van der Waals surface area (Å²) in [6.45, 7) is 2.66. The molecule has 4 rings (SSSR count). The highest BCUT2D eigenvalue weighted by molar-refractivity contribution is 7.16. The molecule has 152 valence electrons. The molecule has 0 unspecified atom stereocenters. The van der Waals surface area contributed by atoms with Crippen molar-refractivity contribution in [2.75, 3.05) is 31.1 Å². The maximum absolute atomic E-state index is 12.6. The Morgan fingerprint density at radius 1 is 0.933 bits per heavy atom. The van der Waals surface area contributed by atoms with E-state index in [4.69, 9.17) is 0 Å². The van der Waals surface area contributed by atoms with E-state index in [1.54, 1.807) is 29.5 Å². The molecule has 2 aromatic carbocycles. The number of benzene rings is 2. The summed E-state index contributed by atoms with van der Waals surface area (Å²) < 4.78 is 0. The molecule has 0 N–H and O–H groups in total. The summed E-state index contributed by atoms with van der Waals surface area (Å²) in [6, 6.07) is 20.8. The molecule has 1 amide bonds. The van der Waals surface area contributed by atoms with E-state index in [0.717, 1.165) is 10.6 Å². The van der Waals surface area contributed by atoms with Gasteiger partial charge in [-0.25, -0.2) is 0 Å². The van der Waals surface area contributed by atoms with E-state index in [-0.39, 0.29) is 11.6 Å². The molecule has 0 bridgehead atoms. The fourth-order valence-corrected chi connectivity index (χ4v) is 4.35. The van der Waals surface area contributed by atoms with Crippen LogP contribution in [0, 0.1) is 10.1 Å². The molecule has 0 aliphatic carbocycles. The van der Waals surface area contributed by atoms with Crippen LogP contribution in [0.15, 0.2) is 72.8 Å². The molecule has 1 aromatic heterocycles. The maximum Gasteiger partial charge on any atom is 0.269 e. The van der Waals surface area contributed by atoms with Crippen molar-refractivity contribution >= 4 is 34.7 Å². The third kappa shape index (κ3) is 4.58. The van der Waals surface area contributed by atoms with Crippen LogP contribution < -0.4 is 4.90 Å². The van der Waals surface area contributed by atoms with Gasteiger partial charge in [-0.1, -0.05) is 30.3 Å². The minimum Gasteiger partial charge on any atom is -0.368 e. The van der Waals surface area contributed by atoms with Gasteiger partial charge in [0.05, 0.1) is 4.92 Å². The van der Waals surface area contributed by atoms with Gasteiger partial charge in [0.1, 0.15) is 0 Å². The quantitative estimate of drug-likeness (QED) is 0.342. The number of hydrogen-bond donors (Lipinski definition) is 0. The molecule has 1 aliphatic rings. The third-order valence-corrected chi connectivity index (χ3v) is 6.19. The summed E-state index contributed by atoms with van der Waals surface area (Å²) in [5, 5.41) is 10.8. The van der Waals surface area contributed by atoms with Crippen LogP contribution in [0.25, 0.3) is 16.5 Å². The molecular weight excluding hydrogens is 398 g/mol. The molecular formula is C23H21N3O3S. The molecule has 6 nitrogen and oxygen atoms in total. The van der Waals surface area contributed by atoms with Crippen LogP contribution in [-0.2, 0) is 4.79 Å². The number of carbonyl (C=O) groups excluding carboxylic acids is 1. The average Bonchev–Trinajstić information content (AvgIpc) is 3.27. The van der Waals surface area contributed by atoms with Crippen molar-refractivity contribution in [1.29, 1.82) is 0 Å². The fourth-order valence-electron chi connectivity index (χ4n) is 3.43. The molecule has 0 radical (unpaired) electrons. The number of nitro benzene ring substituents is 1. The molecule has 1 saturated heterocycles. The topological polar surface area (TPSA) is 66.7 Å². The van der Waals surface area contributed by atoms with Crippen LogP contribution in [0.4, 0.5) is 11.4 Å². The minimum absolute atomic E-state index is 0.00742. The number of non-ortho nitro benzene ring substituents is 1. The maximum atomic E-state index is 12.6. The fraction of sp³-hybridized carbons (Fsp3) is 0.174. The number of piperazine rings is 1. The van der Waals surface area contributed by atoms with Crippen LogP contribution in [0.3, 0.4) is 0 Å². The number of amides is 1. The van der Waals surface area contributed by atoms with Crippen molar-refractivity contribution in [3.63, 3.8) is 0 Å². The summed E-state index contributed by atoms with van der Waals surface area (Å²) in [4.78, 5) is 29.2. The number of thiophene rings is 1. The number of hydrogen-bond acceptors (Lipinski definition) is 5. The predicted molar refractivity (Wildman–Crippen MR) is 121 cm³/mol. The summed E-state index contributed by atoms with van der Waals surface area (Å²) in [6.07, 6.45) is 3.52. The van der Waals surface area contributed by atoms with E-state index in [1.807, 2.05) is 35.2 Å². The summed E-state index contributed by atoms with van der Waals surface area (Å²) in [5.74, 6) is 0.00742. The van der Waals surface area contributed by atoms with E-state index in [9.17, 15) is 14.9 Å². The van der Waals surface area contributed by atoms with Crippen molar-refractivity contribution in [2.45, 2.75) is 0 Å². The van der Waals surface area contributed by atoms with Crippen molar-refractivity contribution in [2.24, 2.45) is 0 Å². The lowest BCUT2D eigenvalue weighted by Crippen LogP contribution is -2.48. The van der Waals surface area contributed by atoms with Gasteiger partial charge >= 0.3 is 0 Å². The van der Waals surface area contributed by atoms with Gasteiger partial charge in [0.2, 0.25) is 5.91 Å². The molecule has 1 aliphatic heterocycles. The second-order valence-corrected chi connectivity index (χ2v) is 8.10. The standard InChI is InChI=1S/C23H21N3O3S/c27-23(13-11-21-10-12-22(30-21)18-4-2-1-3-5-18)25-16-14-24(15-17-25)19-6-8-20(9-7-19)26(28)29/h1-13H,14-17H2/b13-11+. The molecule has 2 heterocycles. The molecule has 1 fully saturated rings. The SMILES string of the molecule is O=C(/C=C/c1ccc(-c2ccccc2)s1)N1CCN(c2ccc([N+](=O)[O-])cc2)CC1. The first-order valence-corrected chi connectivity index (χ1v) is 10.5. The lowest BCUT2D eigenvalue weighted by Gasteiger charge is -2.35. The van der Waals surface area contributed by atoms with Crippen LogP contribution in [0.1, 0.15) is 4.88 Å². The normalized spacial score (nSPS) is 14.3. The third-order valence-electron chi connectivity index (χ3n) is 5.09. The van der Waals surface area contributed by atoms with E-state index in [0.29, 0.717) is 26.2 Å². The minimum atomic E-state index is -0.400. The van der Waals surface area contributed by atoms with E-state index < -0.39 is 4.92 Å². The second kappa shape index (κ2) is 8.92. The van der Waals surface area contributed by atoms with E-state index >= 15 is 0 Å². The number of anilines is 1. The average molecular weight is 420 g/mol. The number of nitrogens with zero attached hydrogens (tertiary/aromatic N) is 3. The van der Waals surface area contributed by atoms with Gasteiger partial charge < -0.3 is 9.80 Å². The van der Waals surface area contributed by atoms with E-state index in [1.165, 1.54) is 22.6 Å². The van der Waals surface area contributed by atoms with Crippen molar-refractivity contribution in [1.82, 2.24) is 4.90 Å². The monoisotopic (exact) mass is 419 g/mol. The molecule has 0 saturated carbocycles.